The van der Waals surface area contributed by atoms with Crippen LogP contribution in [-0.4, -0.2) is 41.7 Å². The molecule has 1 aliphatic carbocycles. The third kappa shape index (κ3) is 4.49. The van der Waals surface area contributed by atoms with Crippen LogP contribution in [0.2, 0.25) is 0 Å². The summed E-state index contributed by atoms with van der Waals surface area (Å²) in [5.41, 5.74) is 5.72. The second kappa shape index (κ2) is 9.16. The SMILES string of the molecule is C=Cc1ccc(C2CC(OC3CC(F)(F)C3)CCN2Cc2c(OC)cc(C)c3[nH]ccc23)cc1. The fourth-order valence-electron chi connectivity index (χ4n) is 5.45. The number of alkyl halides is 2. The molecule has 1 aromatic heterocycles. The molecule has 2 atom stereocenters. The summed E-state index contributed by atoms with van der Waals surface area (Å²) >= 11 is 0. The van der Waals surface area contributed by atoms with E-state index in [1.807, 2.05) is 12.3 Å². The lowest BCUT2D eigenvalue weighted by Crippen LogP contribution is -2.46. The fourth-order valence-corrected chi connectivity index (χ4v) is 5.45. The van der Waals surface area contributed by atoms with Crippen molar-refractivity contribution in [3.8, 4) is 5.75 Å². The number of rotatable bonds is 7. The van der Waals surface area contributed by atoms with Crippen molar-refractivity contribution in [2.75, 3.05) is 13.7 Å². The van der Waals surface area contributed by atoms with E-state index >= 15 is 0 Å². The molecule has 2 unspecified atom stereocenters. The van der Waals surface area contributed by atoms with Gasteiger partial charge in [-0.1, -0.05) is 36.9 Å². The Hall–Kier alpha value is -2.70. The summed E-state index contributed by atoms with van der Waals surface area (Å²) in [6.07, 6.45) is 4.76. The van der Waals surface area contributed by atoms with Crippen molar-refractivity contribution >= 4 is 17.0 Å². The molecule has 1 saturated carbocycles. The van der Waals surface area contributed by atoms with Gasteiger partial charge in [0.1, 0.15) is 5.75 Å². The van der Waals surface area contributed by atoms with Gasteiger partial charge in [0.25, 0.3) is 5.92 Å². The molecule has 0 amide bonds. The Morgan fingerprint density at radius 1 is 1.18 bits per heavy atom. The number of likely N-dealkylation sites (tertiary alicyclic amines) is 1. The molecule has 0 radical (unpaired) electrons. The van der Waals surface area contributed by atoms with Gasteiger partial charge in [0.15, 0.2) is 0 Å². The third-order valence-electron chi connectivity index (χ3n) is 7.35. The minimum atomic E-state index is -2.56. The zero-order valence-electron chi connectivity index (χ0n) is 19.8. The summed E-state index contributed by atoms with van der Waals surface area (Å²) in [6.45, 7) is 7.50. The van der Waals surface area contributed by atoms with E-state index in [9.17, 15) is 8.78 Å². The number of nitrogens with one attached hydrogen (secondary N) is 1. The van der Waals surface area contributed by atoms with Crippen LogP contribution in [0.4, 0.5) is 8.78 Å². The molecule has 180 valence electrons. The zero-order chi connectivity index (χ0) is 23.9. The first-order chi connectivity index (χ1) is 16.4. The number of fused-ring (bicyclic) bond motifs is 1. The number of methoxy groups -OCH3 is 1. The first-order valence-corrected chi connectivity index (χ1v) is 12.0. The summed E-state index contributed by atoms with van der Waals surface area (Å²) in [5, 5.41) is 1.17. The second-order valence-corrected chi connectivity index (χ2v) is 9.67. The molecule has 2 fully saturated rings. The van der Waals surface area contributed by atoms with Crippen LogP contribution in [0, 0.1) is 6.92 Å². The quantitative estimate of drug-likeness (QED) is 0.424. The van der Waals surface area contributed by atoms with Gasteiger partial charge >= 0.3 is 0 Å². The van der Waals surface area contributed by atoms with Crippen molar-refractivity contribution in [3.05, 3.63) is 71.4 Å². The van der Waals surface area contributed by atoms with Crippen LogP contribution in [0.1, 0.15) is 54.0 Å². The first kappa shape index (κ1) is 23.1. The van der Waals surface area contributed by atoms with Gasteiger partial charge in [-0.25, -0.2) is 8.78 Å². The van der Waals surface area contributed by atoms with Crippen molar-refractivity contribution in [2.24, 2.45) is 0 Å². The van der Waals surface area contributed by atoms with E-state index in [0.717, 1.165) is 53.9 Å². The summed E-state index contributed by atoms with van der Waals surface area (Å²) in [4.78, 5) is 5.83. The smallest absolute Gasteiger partial charge is 0.253 e. The van der Waals surface area contributed by atoms with Crippen LogP contribution in [0.3, 0.4) is 0 Å². The summed E-state index contributed by atoms with van der Waals surface area (Å²) in [5.74, 6) is -1.67. The number of halogens is 2. The molecule has 1 saturated heterocycles. The number of benzene rings is 2. The van der Waals surface area contributed by atoms with Crippen molar-refractivity contribution in [1.29, 1.82) is 0 Å². The van der Waals surface area contributed by atoms with E-state index in [2.05, 4.69) is 59.8 Å². The van der Waals surface area contributed by atoms with Crippen molar-refractivity contribution in [3.63, 3.8) is 0 Å². The van der Waals surface area contributed by atoms with E-state index < -0.39 is 5.92 Å². The number of aromatic nitrogens is 1. The Morgan fingerprint density at radius 2 is 1.94 bits per heavy atom. The highest BCUT2D eigenvalue weighted by Crippen LogP contribution is 2.43. The van der Waals surface area contributed by atoms with Gasteiger partial charge in [0.2, 0.25) is 0 Å². The highest BCUT2D eigenvalue weighted by molar-refractivity contribution is 5.88. The van der Waals surface area contributed by atoms with Crippen LogP contribution in [0.25, 0.3) is 17.0 Å². The Morgan fingerprint density at radius 3 is 2.62 bits per heavy atom. The minimum absolute atomic E-state index is 0.0198. The van der Waals surface area contributed by atoms with Crippen LogP contribution in [0.15, 0.2) is 49.2 Å². The Labute approximate surface area is 199 Å². The van der Waals surface area contributed by atoms with Gasteiger partial charge < -0.3 is 14.5 Å². The van der Waals surface area contributed by atoms with E-state index in [1.54, 1.807) is 7.11 Å². The van der Waals surface area contributed by atoms with Crippen LogP contribution in [-0.2, 0) is 11.3 Å². The molecular weight excluding hydrogens is 434 g/mol. The molecule has 3 aromatic rings. The maximum atomic E-state index is 13.3. The van der Waals surface area contributed by atoms with Crippen molar-refractivity contribution in [1.82, 2.24) is 9.88 Å². The Balaban J connectivity index is 1.42. The monoisotopic (exact) mass is 466 g/mol. The van der Waals surface area contributed by atoms with Crippen LogP contribution < -0.4 is 4.74 Å². The van der Waals surface area contributed by atoms with Gasteiger partial charge in [0.05, 0.1) is 19.3 Å². The minimum Gasteiger partial charge on any atom is -0.496 e. The lowest BCUT2D eigenvalue weighted by atomic mass is 9.88. The molecule has 6 heteroatoms. The van der Waals surface area contributed by atoms with E-state index in [4.69, 9.17) is 9.47 Å². The molecule has 1 N–H and O–H groups in total. The number of hydrogen-bond acceptors (Lipinski definition) is 3. The largest absolute Gasteiger partial charge is 0.496 e. The van der Waals surface area contributed by atoms with Crippen molar-refractivity contribution < 1.29 is 18.3 Å². The van der Waals surface area contributed by atoms with E-state index in [-0.39, 0.29) is 31.1 Å². The summed E-state index contributed by atoms with van der Waals surface area (Å²) in [6, 6.07) is 12.8. The fraction of sp³-hybridized carbons (Fsp3) is 0.429. The number of hydrogen-bond donors (Lipinski definition) is 1. The van der Waals surface area contributed by atoms with Gasteiger partial charge in [-0.2, -0.15) is 0 Å². The lowest BCUT2D eigenvalue weighted by Gasteiger charge is -2.43. The zero-order valence-corrected chi connectivity index (χ0v) is 19.8. The standard InChI is InChI=1S/C28H32F2N2O2/c1-4-19-5-7-20(8-6-19)25-14-21(34-22-15-28(29,30)16-22)10-12-32(25)17-24-23-9-11-31-27(23)18(2)13-26(24)33-3/h4-9,11,13,21-22,25,31H,1,10,12,14-17H2,2-3H3. The number of aromatic amines is 1. The van der Waals surface area contributed by atoms with Gasteiger partial charge in [-0.15, -0.1) is 0 Å². The first-order valence-electron chi connectivity index (χ1n) is 12.0. The van der Waals surface area contributed by atoms with E-state index in [0.29, 0.717) is 0 Å². The Bertz CT molecular complexity index is 1160. The average molecular weight is 467 g/mol. The van der Waals surface area contributed by atoms with Gasteiger partial charge in [0, 0.05) is 54.6 Å². The average Bonchev–Trinajstić information content (AvgIpc) is 3.31. The molecule has 0 bridgehead atoms. The molecule has 34 heavy (non-hydrogen) atoms. The molecular formula is C28H32F2N2O2. The number of aryl methyl sites for hydroxylation is 1. The van der Waals surface area contributed by atoms with Gasteiger partial charge in [-0.3, -0.25) is 4.90 Å². The topological polar surface area (TPSA) is 37.5 Å². The maximum Gasteiger partial charge on any atom is 0.253 e. The third-order valence-corrected chi connectivity index (χ3v) is 7.35. The number of nitrogens with zero attached hydrogens (tertiary/aromatic N) is 1. The normalized spacial score (nSPS) is 23.1. The maximum absolute atomic E-state index is 13.3. The molecule has 5 rings (SSSR count). The van der Waals surface area contributed by atoms with Crippen molar-refractivity contribution in [2.45, 2.75) is 63.3 Å². The highest BCUT2D eigenvalue weighted by atomic mass is 19.3. The summed E-state index contributed by atoms with van der Waals surface area (Å²) < 4.78 is 38.6. The van der Waals surface area contributed by atoms with E-state index in [1.165, 1.54) is 10.9 Å². The van der Waals surface area contributed by atoms with Crippen LogP contribution >= 0.6 is 0 Å². The number of ether oxygens (including phenoxy) is 2. The molecule has 2 aliphatic rings. The molecule has 1 aliphatic heterocycles. The highest BCUT2D eigenvalue weighted by Gasteiger charge is 2.47. The second-order valence-electron chi connectivity index (χ2n) is 9.67. The molecule has 2 aromatic carbocycles. The lowest BCUT2D eigenvalue weighted by molar-refractivity contribution is -0.190. The summed E-state index contributed by atoms with van der Waals surface area (Å²) in [7, 11) is 1.72. The number of piperidine rings is 1. The molecule has 0 spiro atoms. The predicted octanol–water partition coefficient (Wildman–Crippen LogP) is 6.65. The van der Waals surface area contributed by atoms with Crippen LogP contribution in [0.5, 0.6) is 5.75 Å². The molecule has 2 heterocycles. The number of H-pyrrole nitrogens is 1. The van der Waals surface area contributed by atoms with Gasteiger partial charge in [-0.05, 0) is 48.6 Å². The predicted molar refractivity (Wildman–Crippen MR) is 131 cm³/mol. The Kier molecular flexibility index (Phi) is 6.21. The molecule has 4 nitrogen and oxygen atoms in total.